The van der Waals surface area contributed by atoms with Crippen molar-refractivity contribution in [1.29, 1.82) is 0 Å². The highest BCUT2D eigenvalue weighted by molar-refractivity contribution is 6.01. The Bertz CT molecular complexity index is 567. The highest BCUT2D eigenvalue weighted by Crippen LogP contribution is 2.11. The van der Waals surface area contributed by atoms with Crippen LogP contribution in [-0.4, -0.2) is 25.9 Å². The second kappa shape index (κ2) is 5.31. The fourth-order valence-electron chi connectivity index (χ4n) is 1.56. The first kappa shape index (κ1) is 12.1. The largest absolute Gasteiger partial charge is 0.307 e. The summed E-state index contributed by atoms with van der Waals surface area (Å²) >= 11 is 0. The normalized spacial score (nSPS) is 11.0. The maximum absolute atomic E-state index is 11.7. The van der Waals surface area contributed by atoms with Crippen molar-refractivity contribution in [3.8, 4) is 0 Å². The van der Waals surface area contributed by atoms with Gasteiger partial charge in [-0.3, -0.25) is 14.6 Å². The van der Waals surface area contributed by atoms with Gasteiger partial charge in [-0.05, 0) is 18.6 Å². The molecule has 0 aromatic carbocycles. The summed E-state index contributed by atoms with van der Waals surface area (Å²) < 4.78 is 1.69. The topological polar surface area (TPSA) is 75.6 Å². The minimum absolute atomic E-state index is 0.199. The van der Waals surface area contributed by atoms with Crippen molar-refractivity contribution < 1.29 is 4.79 Å². The number of carbonyl (C=O) groups is 1. The molecule has 0 radical (unpaired) electrons. The molecule has 0 bridgehead atoms. The van der Waals surface area contributed by atoms with Crippen molar-refractivity contribution in [2.45, 2.75) is 13.3 Å². The van der Waals surface area contributed by atoms with Gasteiger partial charge in [-0.25, -0.2) is 0 Å². The van der Waals surface area contributed by atoms with E-state index in [0.29, 0.717) is 5.82 Å². The van der Waals surface area contributed by atoms with Crippen LogP contribution in [0.5, 0.6) is 0 Å². The Kier molecular flexibility index (Phi) is 3.57. The van der Waals surface area contributed by atoms with Crippen molar-refractivity contribution in [3.05, 3.63) is 35.8 Å². The fraction of sp³-hybridized carbons (Fsp3) is 0.250. The fourth-order valence-corrected chi connectivity index (χ4v) is 1.56. The number of hydrogen-bond acceptors (Lipinski definition) is 3. The van der Waals surface area contributed by atoms with E-state index in [2.05, 4.69) is 20.6 Å². The van der Waals surface area contributed by atoms with E-state index in [9.17, 15) is 4.79 Å². The molecule has 2 aromatic rings. The van der Waals surface area contributed by atoms with E-state index in [1.807, 2.05) is 20.0 Å². The Morgan fingerprint density at radius 2 is 2.44 bits per heavy atom. The summed E-state index contributed by atoms with van der Waals surface area (Å²) in [7, 11) is 1.82. The standard InChI is InChI=1S/C12H15N5O/c1-3-9-8-13-16-12(9)15-11(18)5-4-10-6-7-14-17(10)2/h4-8H,3H2,1-2H3,(H2,13,15,16,18)/b5-4+. The van der Waals surface area contributed by atoms with E-state index in [0.717, 1.165) is 17.7 Å². The Hall–Kier alpha value is -2.37. The number of aryl methyl sites for hydroxylation is 2. The molecule has 0 aliphatic carbocycles. The van der Waals surface area contributed by atoms with Crippen LogP contribution >= 0.6 is 0 Å². The number of aromatic nitrogens is 4. The molecule has 18 heavy (non-hydrogen) atoms. The molecule has 0 fully saturated rings. The highest BCUT2D eigenvalue weighted by Gasteiger charge is 2.05. The van der Waals surface area contributed by atoms with E-state index in [1.54, 1.807) is 23.2 Å². The number of nitrogens with zero attached hydrogens (tertiary/aromatic N) is 3. The lowest BCUT2D eigenvalue weighted by molar-refractivity contribution is -0.111. The second-order valence-electron chi connectivity index (χ2n) is 3.83. The zero-order valence-corrected chi connectivity index (χ0v) is 10.3. The van der Waals surface area contributed by atoms with Gasteiger partial charge in [0.2, 0.25) is 5.91 Å². The molecule has 0 atom stereocenters. The Morgan fingerprint density at radius 1 is 1.61 bits per heavy atom. The van der Waals surface area contributed by atoms with Gasteiger partial charge in [0.15, 0.2) is 0 Å². The van der Waals surface area contributed by atoms with Gasteiger partial charge in [0.1, 0.15) is 5.82 Å². The first-order chi connectivity index (χ1) is 8.70. The van der Waals surface area contributed by atoms with Crippen molar-refractivity contribution >= 4 is 17.8 Å². The summed E-state index contributed by atoms with van der Waals surface area (Å²) in [5, 5.41) is 13.4. The lowest BCUT2D eigenvalue weighted by Crippen LogP contribution is -2.09. The number of hydrogen-bond donors (Lipinski definition) is 2. The minimum Gasteiger partial charge on any atom is -0.307 e. The maximum Gasteiger partial charge on any atom is 0.249 e. The Balaban J connectivity index is 2.01. The van der Waals surface area contributed by atoms with Gasteiger partial charge in [0.25, 0.3) is 0 Å². The predicted octanol–water partition coefficient (Wildman–Crippen LogP) is 1.36. The first-order valence-corrected chi connectivity index (χ1v) is 5.70. The summed E-state index contributed by atoms with van der Waals surface area (Å²) in [5.74, 6) is 0.451. The van der Waals surface area contributed by atoms with Crippen LogP contribution in [-0.2, 0) is 18.3 Å². The van der Waals surface area contributed by atoms with E-state index < -0.39 is 0 Å². The zero-order valence-electron chi connectivity index (χ0n) is 10.3. The third kappa shape index (κ3) is 2.65. The van der Waals surface area contributed by atoms with Gasteiger partial charge in [-0.15, -0.1) is 0 Å². The Labute approximate surface area is 105 Å². The minimum atomic E-state index is -0.199. The molecule has 2 aromatic heterocycles. The molecule has 2 heterocycles. The molecule has 1 amide bonds. The van der Waals surface area contributed by atoms with Crippen LogP contribution in [0.2, 0.25) is 0 Å². The summed E-state index contributed by atoms with van der Waals surface area (Å²) in [6, 6.07) is 1.83. The van der Waals surface area contributed by atoms with Gasteiger partial charge in [-0.2, -0.15) is 10.2 Å². The van der Waals surface area contributed by atoms with Crippen molar-refractivity contribution in [3.63, 3.8) is 0 Å². The summed E-state index contributed by atoms with van der Waals surface area (Å²) in [6.07, 6.45) is 7.39. The molecule has 0 saturated heterocycles. The number of carbonyl (C=O) groups excluding carboxylic acids is 1. The molecule has 0 unspecified atom stereocenters. The average molecular weight is 245 g/mol. The van der Waals surface area contributed by atoms with Crippen LogP contribution in [0.15, 0.2) is 24.5 Å². The SMILES string of the molecule is CCc1cn[nH]c1NC(=O)/C=C/c1ccnn1C. The van der Waals surface area contributed by atoms with Gasteiger partial charge < -0.3 is 5.32 Å². The Morgan fingerprint density at radius 3 is 3.11 bits per heavy atom. The van der Waals surface area contributed by atoms with E-state index in [-0.39, 0.29) is 5.91 Å². The maximum atomic E-state index is 11.7. The van der Waals surface area contributed by atoms with E-state index >= 15 is 0 Å². The van der Waals surface area contributed by atoms with Crippen LogP contribution in [0.25, 0.3) is 6.08 Å². The van der Waals surface area contributed by atoms with Crippen LogP contribution in [0.3, 0.4) is 0 Å². The average Bonchev–Trinajstić information content (AvgIpc) is 2.95. The molecule has 0 saturated carbocycles. The summed E-state index contributed by atoms with van der Waals surface area (Å²) in [5.41, 5.74) is 1.85. The number of nitrogens with one attached hydrogen (secondary N) is 2. The van der Waals surface area contributed by atoms with Gasteiger partial charge in [-0.1, -0.05) is 6.92 Å². The number of amides is 1. The number of H-pyrrole nitrogens is 1. The second-order valence-corrected chi connectivity index (χ2v) is 3.83. The molecular formula is C12H15N5O. The lowest BCUT2D eigenvalue weighted by atomic mass is 10.2. The zero-order chi connectivity index (χ0) is 13.0. The van der Waals surface area contributed by atoms with Crippen LogP contribution < -0.4 is 5.32 Å². The highest BCUT2D eigenvalue weighted by atomic mass is 16.1. The molecule has 2 rings (SSSR count). The molecule has 0 aliphatic heterocycles. The lowest BCUT2D eigenvalue weighted by Gasteiger charge is -2.00. The van der Waals surface area contributed by atoms with Crippen LogP contribution in [0, 0.1) is 0 Å². The van der Waals surface area contributed by atoms with E-state index in [1.165, 1.54) is 6.08 Å². The first-order valence-electron chi connectivity index (χ1n) is 5.70. The van der Waals surface area contributed by atoms with Gasteiger partial charge >= 0.3 is 0 Å². The van der Waals surface area contributed by atoms with Crippen LogP contribution in [0.1, 0.15) is 18.2 Å². The number of aromatic amines is 1. The molecule has 0 spiro atoms. The molecular weight excluding hydrogens is 230 g/mol. The van der Waals surface area contributed by atoms with Gasteiger partial charge in [0.05, 0.1) is 11.9 Å². The third-order valence-corrected chi connectivity index (χ3v) is 2.61. The quantitative estimate of drug-likeness (QED) is 0.798. The third-order valence-electron chi connectivity index (χ3n) is 2.61. The molecule has 6 nitrogen and oxygen atoms in total. The van der Waals surface area contributed by atoms with Gasteiger partial charge in [0, 0.05) is 24.9 Å². The smallest absolute Gasteiger partial charge is 0.249 e. The number of anilines is 1. The molecule has 2 N–H and O–H groups in total. The molecule has 0 aliphatic rings. The molecule has 6 heteroatoms. The van der Waals surface area contributed by atoms with E-state index in [4.69, 9.17) is 0 Å². The predicted molar refractivity (Wildman–Crippen MR) is 68.8 cm³/mol. The van der Waals surface area contributed by atoms with Crippen molar-refractivity contribution in [2.75, 3.05) is 5.32 Å². The molecule has 94 valence electrons. The van der Waals surface area contributed by atoms with Crippen molar-refractivity contribution in [1.82, 2.24) is 20.0 Å². The number of rotatable bonds is 4. The van der Waals surface area contributed by atoms with Crippen LogP contribution in [0.4, 0.5) is 5.82 Å². The summed E-state index contributed by atoms with van der Waals surface area (Å²) in [4.78, 5) is 11.7. The monoisotopic (exact) mass is 245 g/mol. The summed E-state index contributed by atoms with van der Waals surface area (Å²) in [6.45, 7) is 2.01. The van der Waals surface area contributed by atoms with Crippen molar-refractivity contribution in [2.24, 2.45) is 7.05 Å².